The maximum absolute atomic E-state index is 13.8. The highest BCUT2D eigenvalue weighted by Gasteiger charge is 2.33. The smallest absolute Gasteiger partial charge is 0.264 e. The van der Waals surface area contributed by atoms with E-state index < -0.39 is 40.2 Å². The summed E-state index contributed by atoms with van der Waals surface area (Å²) in [5, 5.41) is 3.35. The van der Waals surface area contributed by atoms with Gasteiger partial charge in [-0.2, -0.15) is 0 Å². The Morgan fingerprint density at radius 3 is 2.13 bits per heavy atom. The lowest BCUT2D eigenvalue weighted by atomic mass is 10.1. The number of anilines is 1. The number of carbonyl (C=O) groups excluding carboxylic acids is 2. The van der Waals surface area contributed by atoms with E-state index in [-0.39, 0.29) is 17.1 Å². The third-order valence-electron chi connectivity index (χ3n) is 5.83. The van der Waals surface area contributed by atoms with Gasteiger partial charge in [0.15, 0.2) is 0 Å². The van der Waals surface area contributed by atoms with E-state index in [9.17, 15) is 22.4 Å². The number of hydrogen-bond acceptors (Lipinski definition) is 4. The van der Waals surface area contributed by atoms with Gasteiger partial charge in [-0.1, -0.05) is 54.4 Å². The summed E-state index contributed by atoms with van der Waals surface area (Å²) in [6.07, 6.45) is 0.691. The van der Waals surface area contributed by atoms with Crippen molar-refractivity contribution in [1.29, 1.82) is 0 Å². The Hall–Kier alpha value is -3.14. The normalized spacial score (nSPS) is 12.0. The molecular formula is C27H28Cl2FN3O4S. The van der Waals surface area contributed by atoms with E-state index >= 15 is 0 Å². The van der Waals surface area contributed by atoms with E-state index in [0.29, 0.717) is 28.6 Å². The second-order valence-electron chi connectivity index (χ2n) is 8.49. The fraction of sp³-hybridized carbons (Fsp3) is 0.259. The zero-order valence-corrected chi connectivity index (χ0v) is 23.2. The second-order valence-corrected chi connectivity index (χ2v) is 11.2. The molecule has 0 heterocycles. The number of benzene rings is 3. The molecule has 2 amide bonds. The molecule has 0 aliphatic heterocycles. The quantitative estimate of drug-likeness (QED) is 0.335. The first-order valence-corrected chi connectivity index (χ1v) is 14.1. The van der Waals surface area contributed by atoms with Crippen LogP contribution in [-0.2, 0) is 26.2 Å². The summed E-state index contributed by atoms with van der Waals surface area (Å²) in [5.41, 5.74) is 0.501. The molecule has 0 saturated heterocycles. The minimum Gasteiger partial charge on any atom is -0.354 e. The van der Waals surface area contributed by atoms with Crippen LogP contribution in [0.15, 0.2) is 77.7 Å². The van der Waals surface area contributed by atoms with Crippen LogP contribution in [-0.4, -0.2) is 44.3 Å². The van der Waals surface area contributed by atoms with Crippen molar-refractivity contribution in [3.8, 4) is 0 Å². The Bertz CT molecular complexity index is 1350. The van der Waals surface area contributed by atoms with Crippen molar-refractivity contribution in [1.82, 2.24) is 10.2 Å². The average molecular weight is 581 g/mol. The number of nitrogens with one attached hydrogen (secondary N) is 1. The molecule has 3 aromatic carbocycles. The van der Waals surface area contributed by atoms with Gasteiger partial charge in [-0.15, -0.1) is 0 Å². The van der Waals surface area contributed by atoms with Crippen molar-refractivity contribution in [2.75, 3.05) is 17.4 Å². The van der Waals surface area contributed by atoms with Crippen LogP contribution in [0.4, 0.5) is 10.1 Å². The zero-order valence-electron chi connectivity index (χ0n) is 20.9. The van der Waals surface area contributed by atoms with Gasteiger partial charge in [-0.05, 0) is 61.9 Å². The monoisotopic (exact) mass is 579 g/mol. The molecule has 0 fully saturated rings. The second kappa shape index (κ2) is 13.1. The first-order valence-electron chi connectivity index (χ1n) is 11.9. The Balaban J connectivity index is 2.04. The number of nitrogens with zero attached hydrogens (tertiary/aromatic N) is 2. The Morgan fingerprint density at radius 1 is 0.947 bits per heavy atom. The molecule has 0 spiro atoms. The fourth-order valence-corrected chi connectivity index (χ4v) is 5.64. The van der Waals surface area contributed by atoms with Crippen molar-refractivity contribution in [3.63, 3.8) is 0 Å². The molecule has 3 rings (SSSR count). The maximum atomic E-state index is 13.8. The van der Waals surface area contributed by atoms with Gasteiger partial charge < -0.3 is 10.2 Å². The van der Waals surface area contributed by atoms with Gasteiger partial charge in [0.25, 0.3) is 10.0 Å². The first kappa shape index (κ1) is 29.4. The summed E-state index contributed by atoms with van der Waals surface area (Å²) in [6.45, 7) is 3.05. The Morgan fingerprint density at radius 2 is 1.55 bits per heavy atom. The molecule has 3 aromatic rings. The maximum Gasteiger partial charge on any atom is 0.264 e. The highest BCUT2D eigenvalue weighted by atomic mass is 35.5. The van der Waals surface area contributed by atoms with Crippen LogP contribution in [0.3, 0.4) is 0 Å². The van der Waals surface area contributed by atoms with Gasteiger partial charge in [0.05, 0.1) is 10.6 Å². The number of amides is 2. The molecule has 0 aromatic heterocycles. The summed E-state index contributed by atoms with van der Waals surface area (Å²) in [4.78, 5) is 27.9. The van der Waals surface area contributed by atoms with Crippen molar-refractivity contribution in [2.45, 2.75) is 37.8 Å². The lowest BCUT2D eigenvalue weighted by Crippen LogP contribution is -2.51. The molecule has 1 atom stereocenters. The number of halogens is 3. The molecule has 202 valence electrons. The molecule has 11 heteroatoms. The topological polar surface area (TPSA) is 86.8 Å². The van der Waals surface area contributed by atoms with Crippen LogP contribution in [0.2, 0.25) is 10.0 Å². The predicted octanol–water partition coefficient (Wildman–Crippen LogP) is 5.27. The van der Waals surface area contributed by atoms with Gasteiger partial charge in [0.2, 0.25) is 11.8 Å². The number of hydrogen-bond donors (Lipinski definition) is 1. The Kier molecular flexibility index (Phi) is 10.1. The minimum absolute atomic E-state index is 0.0495. The summed E-state index contributed by atoms with van der Waals surface area (Å²) >= 11 is 12.7. The summed E-state index contributed by atoms with van der Waals surface area (Å²) in [6, 6.07) is 16.2. The minimum atomic E-state index is -4.23. The number of carbonyl (C=O) groups is 2. The molecule has 0 radical (unpaired) electrons. The fourth-order valence-electron chi connectivity index (χ4n) is 3.69. The van der Waals surface area contributed by atoms with Gasteiger partial charge in [0.1, 0.15) is 18.4 Å². The molecule has 0 aliphatic rings. The first-order chi connectivity index (χ1) is 18.1. The van der Waals surface area contributed by atoms with Crippen LogP contribution in [0, 0.1) is 5.82 Å². The lowest BCUT2D eigenvalue weighted by Gasteiger charge is -2.32. The molecule has 0 aliphatic carbocycles. The van der Waals surface area contributed by atoms with Crippen LogP contribution in [0.25, 0.3) is 0 Å². The largest absolute Gasteiger partial charge is 0.354 e. The zero-order chi connectivity index (χ0) is 27.9. The van der Waals surface area contributed by atoms with Gasteiger partial charge in [-0.25, -0.2) is 12.8 Å². The summed E-state index contributed by atoms with van der Waals surface area (Å²) in [7, 11) is -4.23. The van der Waals surface area contributed by atoms with E-state index in [1.54, 1.807) is 43.3 Å². The van der Waals surface area contributed by atoms with Gasteiger partial charge >= 0.3 is 0 Å². The molecule has 38 heavy (non-hydrogen) atoms. The lowest BCUT2D eigenvalue weighted by molar-refractivity contribution is -0.139. The van der Waals surface area contributed by atoms with E-state index in [0.717, 1.165) is 16.4 Å². The van der Waals surface area contributed by atoms with E-state index in [1.165, 1.54) is 29.2 Å². The van der Waals surface area contributed by atoms with Crippen LogP contribution < -0.4 is 9.62 Å². The standard InChI is InChI=1S/C27H28Cl2FN3O4S/c1-3-16-31-27(35)19(2)32(17-23-24(28)10-7-11-25(23)29)26(34)18-33(21-14-12-20(30)13-15-21)38(36,37)22-8-5-4-6-9-22/h4-15,19H,3,16-18H2,1-2H3,(H,31,35)/t19-/m0/s1. The van der Waals surface area contributed by atoms with Crippen molar-refractivity contribution in [3.05, 3.63) is 94.2 Å². The van der Waals surface area contributed by atoms with Crippen molar-refractivity contribution >= 4 is 50.7 Å². The average Bonchev–Trinajstić information content (AvgIpc) is 2.90. The van der Waals surface area contributed by atoms with Crippen LogP contribution in [0.1, 0.15) is 25.8 Å². The highest BCUT2D eigenvalue weighted by molar-refractivity contribution is 7.92. The van der Waals surface area contributed by atoms with E-state index in [2.05, 4.69) is 5.32 Å². The van der Waals surface area contributed by atoms with Gasteiger partial charge in [-0.3, -0.25) is 13.9 Å². The van der Waals surface area contributed by atoms with Crippen molar-refractivity contribution < 1.29 is 22.4 Å². The SMILES string of the molecule is CCCNC(=O)[C@H](C)N(Cc1c(Cl)cccc1Cl)C(=O)CN(c1ccc(F)cc1)S(=O)(=O)c1ccccc1. The summed E-state index contributed by atoms with van der Waals surface area (Å²) < 4.78 is 41.8. The molecule has 1 N–H and O–H groups in total. The number of sulfonamides is 1. The third kappa shape index (κ3) is 7.03. The highest BCUT2D eigenvalue weighted by Crippen LogP contribution is 2.28. The van der Waals surface area contributed by atoms with Crippen LogP contribution in [0.5, 0.6) is 0 Å². The molecular weight excluding hydrogens is 552 g/mol. The Labute approximate surface area is 232 Å². The van der Waals surface area contributed by atoms with Crippen molar-refractivity contribution in [2.24, 2.45) is 0 Å². The molecule has 0 unspecified atom stereocenters. The third-order valence-corrected chi connectivity index (χ3v) is 8.33. The predicted molar refractivity (Wildman–Crippen MR) is 147 cm³/mol. The molecule has 0 saturated carbocycles. The molecule has 7 nitrogen and oxygen atoms in total. The molecule has 0 bridgehead atoms. The van der Waals surface area contributed by atoms with Crippen LogP contribution >= 0.6 is 23.2 Å². The number of rotatable bonds is 11. The van der Waals surface area contributed by atoms with Gasteiger partial charge in [0, 0.05) is 28.7 Å². The van der Waals surface area contributed by atoms with E-state index in [4.69, 9.17) is 23.2 Å². The summed E-state index contributed by atoms with van der Waals surface area (Å²) in [5.74, 6) is -1.65. The van der Waals surface area contributed by atoms with E-state index in [1.807, 2.05) is 6.92 Å².